The fourth-order valence-corrected chi connectivity index (χ4v) is 2.83. The molecule has 1 rings (SSSR count). The highest BCUT2D eigenvalue weighted by Crippen LogP contribution is 2.32. The van der Waals surface area contributed by atoms with E-state index in [1.165, 1.54) is 19.3 Å². The SMILES string of the molecule is CCCCC1CCC(C(=O)NC(CC)C(=O)O)CC1. The van der Waals surface area contributed by atoms with Crippen molar-refractivity contribution in [3.8, 4) is 0 Å². The molecule has 0 spiro atoms. The molecule has 1 aliphatic rings. The molecule has 1 aliphatic carbocycles. The number of rotatable bonds is 7. The summed E-state index contributed by atoms with van der Waals surface area (Å²) in [5, 5.41) is 11.6. The summed E-state index contributed by atoms with van der Waals surface area (Å²) in [6, 6.07) is -0.731. The first-order valence-corrected chi connectivity index (χ1v) is 7.61. The zero-order valence-electron chi connectivity index (χ0n) is 12.2. The lowest BCUT2D eigenvalue weighted by Crippen LogP contribution is -2.44. The van der Waals surface area contributed by atoms with Gasteiger partial charge < -0.3 is 10.4 Å². The molecule has 110 valence electrons. The maximum atomic E-state index is 12.0. The van der Waals surface area contributed by atoms with Gasteiger partial charge in [0.25, 0.3) is 0 Å². The van der Waals surface area contributed by atoms with Gasteiger partial charge in [0, 0.05) is 5.92 Å². The van der Waals surface area contributed by atoms with Crippen molar-refractivity contribution in [2.45, 2.75) is 71.3 Å². The molecule has 4 heteroatoms. The number of amides is 1. The molecule has 0 radical (unpaired) electrons. The summed E-state index contributed by atoms with van der Waals surface area (Å²) in [4.78, 5) is 22.9. The van der Waals surface area contributed by atoms with Gasteiger partial charge in [0.2, 0.25) is 5.91 Å². The van der Waals surface area contributed by atoms with Crippen molar-refractivity contribution < 1.29 is 14.7 Å². The van der Waals surface area contributed by atoms with Gasteiger partial charge in [-0.3, -0.25) is 4.79 Å². The first-order chi connectivity index (χ1) is 9.08. The minimum Gasteiger partial charge on any atom is -0.480 e. The molecule has 1 saturated carbocycles. The second-order valence-electron chi connectivity index (χ2n) is 5.67. The van der Waals surface area contributed by atoms with E-state index in [0.717, 1.165) is 31.6 Å². The van der Waals surface area contributed by atoms with Crippen LogP contribution in [0.4, 0.5) is 0 Å². The minimum atomic E-state index is -0.938. The summed E-state index contributed by atoms with van der Waals surface area (Å²) in [5.74, 6) is -0.215. The molecule has 0 aromatic carbocycles. The van der Waals surface area contributed by atoms with E-state index in [-0.39, 0.29) is 11.8 Å². The highest BCUT2D eigenvalue weighted by Gasteiger charge is 2.28. The Bertz CT molecular complexity index is 296. The summed E-state index contributed by atoms with van der Waals surface area (Å²) in [6.07, 6.45) is 8.27. The molecule has 0 aliphatic heterocycles. The Morgan fingerprint density at radius 1 is 1.21 bits per heavy atom. The number of nitrogens with one attached hydrogen (secondary N) is 1. The maximum absolute atomic E-state index is 12.0. The Labute approximate surface area is 116 Å². The summed E-state index contributed by atoms with van der Waals surface area (Å²) >= 11 is 0. The van der Waals surface area contributed by atoms with Gasteiger partial charge >= 0.3 is 5.97 Å². The van der Waals surface area contributed by atoms with E-state index in [1.54, 1.807) is 6.92 Å². The second-order valence-corrected chi connectivity index (χ2v) is 5.67. The number of hydrogen-bond acceptors (Lipinski definition) is 2. The van der Waals surface area contributed by atoms with Crippen LogP contribution in [0.25, 0.3) is 0 Å². The number of hydrogen-bond donors (Lipinski definition) is 2. The zero-order valence-corrected chi connectivity index (χ0v) is 12.2. The summed E-state index contributed by atoms with van der Waals surface area (Å²) < 4.78 is 0. The highest BCUT2D eigenvalue weighted by atomic mass is 16.4. The quantitative estimate of drug-likeness (QED) is 0.746. The van der Waals surface area contributed by atoms with E-state index in [1.807, 2.05) is 0 Å². The minimum absolute atomic E-state index is 0.0197. The van der Waals surface area contributed by atoms with E-state index in [0.29, 0.717) is 6.42 Å². The van der Waals surface area contributed by atoms with Gasteiger partial charge in [-0.1, -0.05) is 33.1 Å². The van der Waals surface area contributed by atoms with Crippen LogP contribution in [-0.2, 0) is 9.59 Å². The molecule has 2 N–H and O–H groups in total. The van der Waals surface area contributed by atoms with Crippen molar-refractivity contribution >= 4 is 11.9 Å². The number of unbranched alkanes of at least 4 members (excludes halogenated alkanes) is 1. The van der Waals surface area contributed by atoms with Gasteiger partial charge in [-0.25, -0.2) is 4.79 Å². The van der Waals surface area contributed by atoms with E-state index in [4.69, 9.17) is 5.11 Å². The van der Waals surface area contributed by atoms with Crippen LogP contribution in [0.15, 0.2) is 0 Å². The van der Waals surface area contributed by atoms with E-state index >= 15 is 0 Å². The van der Waals surface area contributed by atoms with Gasteiger partial charge in [0.05, 0.1) is 0 Å². The highest BCUT2D eigenvalue weighted by molar-refractivity contribution is 5.84. The van der Waals surface area contributed by atoms with Crippen LogP contribution in [0.3, 0.4) is 0 Å². The first kappa shape index (κ1) is 16.0. The molecule has 0 heterocycles. The van der Waals surface area contributed by atoms with Gasteiger partial charge in [0.1, 0.15) is 6.04 Å². The summed E-state index contributed by atoms with van der Waals surface area (Å²) in [6.45, 7) is 3.98. The monoisotopic (exact) mass is 269 g/mol. The number of carbonyl (C=O) groups is 2. The van der Waals surface area contributed by atoms with Gasteiger partial charge in [0.15, 0.2) is 0 Å². The van der Waals surface area contributed by atoms with Crippen LogP contribution in [0, 0.1) is 11.8 Å². The Morgan fingerprint density at radius 2 is 1.84 bits per heavy atom. The predicted molar refractivity (Wildman–Crippen MR) is 74.8 cm³/mol. The zero-order chi connectivity index (χ0) is 14.3. The van der Waals surface area contributed by atoms with E-state index < -0.39 is 12.0 Å². The average Bonchev–Trinajstić information content (AvgIpc) is 2.42. The fraction of sp³-hybridized carbons (Fsp3) is 0.867. The van der Waals surface area contributed by atoms with Crippen LogP contribution >= 0.6 is 0 Å². The van der Waals surface area contributed by atoms with E-state index in [2.05, 4.69) is 12.2 Å². The molecule has 0 saturated heterocycles. The average molecular weight is 269 g/mol. The molecule has 4 nitrogen and oxygen atoms in total. The lowest BCUT2D eigenvalue weighted by molar-refractivity contribution is -0.142. The molecule has 0 aromatic rings. The third kappa shape index (κ3) is 5.21. The fourth-order valence-electron chi connectivity index (χ4n) is 2.83. The van der Waals surface area contributed by atoms with Crippen molar-refractivity contribution in [3.05, 3.63) is 0 Å². The lowest BCUT2D eigenvalue weighted by Gasteiger charge is -2.28. The molecule has 1 atom stereocenters. The van der Waals surface area contributed by atoms with Crippen molar-refractivity contribution in [2.24, 2.45) is 11.8 Å². The van der Waals surface area contributed by atoms with Crippen LogP contribution in [0.2, 0.25) is 0 Å². The molecule has 1 unspecified atom stereocenters. The third-order valence-corrected chi connectivity index (χ3v) is 4.21. The van der Waals surface area contributed by atoms with Gasteiger partial charge in [-0.05, 0) is 38.0 Å². The standard InChI is InChI=1S/C15H27NO3/c1-3-5-6-11-7-9-12(10-8-11)14(17)16-13(4-2)15(18)19/h11-13H,3-10H2,1-2H3,(H,16,17)(H,18,19). The number of carboxylic acids is 1. The molecular weight excluding hydrogens is 242 g/mol. The second kappa shape index (κ2) is 8.18. The predicted octanol–water partition coefficient (Wildman–Crippen LogP) is 2.96. The largest absolute Gasteiger partial charge is 0.480 e. The number of carboxylic acid groups (broad SMARTS) is 1. The third-order valence-electron chi connectivity index (χ3n) is 4.21. The molecular formula is C15H27NO3. The number of aliphatic carboxylic acids is 1. The maximum Gasteiger partial charge on any atom is 0.326 e. The normalized spacial score (nSPS) is 24.7. The van der Waals surface area contributed by atoms with Gasteiger partial charge in [-0.2, -0.15) is 0 Å². The Kier molecular flexibility index (Phi) is 6.89. The summed E-state index contributed by atoms with van der Waals surface area (Å²) in [7, 11) is 0. The topological polar surface area (TPSA) is 66.4 Å². The summed E-state index contributed by atoms with van der Waals surface area (Å²) in [5.41, 5.74) is 0. The molecule has 1 fully saturated rings. The molecule has 0 bridgehead atoms. The van der Waals surface area contributed by atoms with Crippen LogP contribution in [0.1, 0.15) is 65.2 Å². The number of carbonyl (C=O) groups excluding carboxylic acids is 1. The van der Waals surface area contributed by atoms with Crippen molar-refractivity contribution in [1.29, 1.82) is 0 Å². The van der Waals surface area contributed by atoms with Crippen LogP contribution < -0.4 is 5.32 Å². The van der Waals surface area contributed by atoms with Crippen LogP contribution in [0.5, 0.6) is 0 Å². The van der Waals surface area contributed by atoms with Crippen LogP contribution in [-0.4, -0.2) is 23.0 Å². The van der Waals surface area contributed by atoms with Crippen molar-refractivity contribution in [1.82, 2.24) is 5.32 Å². The molecule has 1 amide bonds. The van der Waals surface area contributed by atoms with Gasteiger partial charge in [-0.15, -0.1) is 0 Å². The Morgan fingerprint density at radius 3 is 2.32 bits per heavy atom. The van der Waals surface area contributed by atoms with Crippen molar-refractivity contribution in [3.63, 3.8) is 0 Å². The van der Waals surface area contributed by atoms with Crippen molar-refractivity contribution in [2.75, 3.05) is 0 Å². The molecule has 19 heavy (non-hydrogen) atoms. The Balaban J connectivity index is 2.34. The molecule has 0 aromatic heterocycles. The lowest BCUT2D eigenvalue weighted by atomic mass is 9.79. The smallest absolute Gasteiger partial charge is 0.326 e. The Hall–Kier alpha value is -1.06. The first-order valence-electron chi connectivity index (χ1n) is 7.61. The van der Waals surface area contributed by atoms with E-state index in [9.17, 15) is 9.59 Å².